The molecule has 0 aliphatic carbocycles. The fraction of sp³-hybridized carbons (Fsp3) is 0.550. The molecule has 1 N–H and O–H groups in total. The van der Waals surface area contributed by atoms with Crippen molar-refractivity contribution in [2.24, 2.45) is 0 Å². The maximum absolute atomic E-state index is 12.6. The second-order valence-electron chi connectivity index (χ2n) is 7.13. The van der Waals surface area contributed by atoms with E-state index in [1.165, 1.54) is 0 Å². The number of benzene rings is 1. The number of likely N-dealkylation sites (tertiary alicyclic amines) is 1. The minimum absolute atomic E-state index is 0.0113. The maximum atomic E-state index is 12.6. The summed E-state index contributed by atoms with van der Waals surface area (Å²) >= 11 is 0. The molecule has 8 nitrogen and oxygen atoms in total. The van der Waals surface area contributed by atoms with Crippen LogP contribution in [-0.2, 0) is 17.9 Å². The smallest absolute Gasteiger partial charge is 0.260 e. The zero-order valence-corrected chi connectivity index (χ0v) is 16.3. The molecule has 2 aliphatic rings. The zero-order chi connectivity index (χ0) is 19.3. The standard InChI is InChI=1S/C20H27N5O3/c1-2-27-16-5-3-4-6-17(16)28-14-19(26)24-10-7-15(8-11-24)20-23-22-18-13-21-9-12-25(18)20/h3-6,15,21H,2,7-14H2,1H3. The second-order valence-corrected chi connectivity index (χ2v) is 7.13. The first-order valence-electron chi connectivity index (χ1n) is 10.0. The van der Waals surface area contributed by atoms with Gasteiger partial charge in [0.1, 0.15) is 11.6 Å². The lowest BCUT2D eigenvalue weighted by molar-refractivity contribution is -0.134. The van der Waals surface area contributed by atoms with E-state index in [-0.39, 0.29) is 12.5 Å². The van der Waals surface area contributed by atoms with Crippen molar-refractivity contribution in [2.75, 3.05) is 32.8 Å². The van der Waals surface area contributed by atoms with Gasteiger partial charge in [-0.2, -0.15) is 0 Å². The van der Waals surface area contributed by atoms with E-state index < -0.39 is 0 Å². The van der Waals surface area contributed by atoms with Gasteiger partial charge in [0.25, 0.3) is 5.91 Å². The minimum atomic E-state index is 0.0113. The van der Waals surface area contributed by atoms with Crippen LogP contribution in [0.4, 0.5) is 0 Å². The molecular formula is C20H27N5O3. The summed E-state index contributed by atoms with van der Waals surface area (Å²) in [5, 5.41) is 12.1. The number of fused-ring (bicyclic) bond motifs is 1. The van der Waals surface area contributed by atoms with Crippen molar-refractivity contribution >= 4 is 5.91 Å². The SMILES string of the molecule is CCOc1ccccc1OCC(=O)N1CCC(c2nnc3n2CCNC3)CC1. The lowest BCUT2D eigenvalue weighted by atomic mass is 9.95. The molecule has 2 aliphatic heterocycles. The molecule has 0 spiro atoms. The predicted molar refractivity (Wildman–Crippen MR) is 103 cm³/mol. The summed E-state index contributed by atoms with van der Waals surface area (Å²) in [5.41, 5.74) is 0. The molecule has 3 heterocycles. The molecule has 1 amide bonds. The highest BCUT2D eigenvalue weighted by Gasteiger charge is 2.29. The molecule has 0 saturated carbocycles. The Morgan fingerprint density at radius 3 is 2.64 bits per heavy atom. The van der Waals surface area contributed by atoms with Crippen molar-refractivity contribution in [1.29, 1.82) is 0 Å². The van der Waals surface area contributed by atoms with Crippen LogP contribution < -0.4 is 14.8 Å². The van der Waals surface area contributed by atoms with Crippen LogP contribution in [-0.4, -0.2) is 58.4 Å². The molecule has 0 radical (unpaired) electrons. The predicted octanol–water partition coefficient (Wildman–Crippen LogP) is 1.56. The Balaban J connectivity index is 1.30. The first-order chi connectivity index (χ1) is 13.8. The number of para-hydroxylation sites is 2. The van der Waals surface area contributed by atoms with E-state index in [1.54, 1.807) is 0 Å². The third-order valence-electron chi connectivity index (χ3n) is 5.36. The van der Waals surface area contributed by atoms with Gasteiger partial charge < -0.3 is 24.3 Å². The van der Waals surface area contributed by atoms with Gasteiger partial charge in [0.15, 0.2) is 18.1 Å². The number of nitrogens with one attached hydrogen (secondary N) is 1. The van der Waals surface area contributed by atoms with Crippen molar-refractivity contribution in [1.82, 2.24) is 25.0 Å². The van der Waals surface area contributed by atoms with Crippen LogP contribution >= 0.6 is 0 Å². The molecule has 8 heteroatoms. The van der Waals surface area contributed by atoms with Gasteiger partial charge in [-0.15, -0.1) is 10.2 Å². The number of ether oxygens (including phenoxy) is 2. The molecule has 0 bridgehead atoms. The Morgan fingerprint density at radius 1 is 1.14 bits per heavy atom. The monoisotopic (exact) mass is 385 g/mol. The molecule has 0 atom stereocenters. The van der Waals surface area contributed by atoms with E-state index in [9.17, 15) is 4.79 Å². The minimum Gasteiger partial charge on any atom is -0.490 e. The van der Waals surface area contributed by atoms with Crippen LogP contribution in [0.25, 0.3) is 0 Å². The number of carbonyl (C=O) groups is 1. The van der Waals surface area contributed by atoms with Crippen molar-refractivity contribution in [3.8, 4) is 11.5 Å². The second kappa shape index (κ2) is 8.60. The third-order valence-corrected chi connectivity index (χ3v) is 5.36. The van der Waals surface area contributed by atoms with E-state index in [4.69, 9.17) is 9.47 Å². The van der Waals surface area contributed by atoms with Crippen LogP contribution in [0.3, 0.4) is 0 Å². The van der Waals surface area contributed by atoms with Crippen molar-refractivity contribution in [3.05, 3.63) is 35.9 Å². The van der Waals surface area contributed by atoms with Crippen LogP contribution in [0, 0.1) is 0 Å². The number of hydrogen-bond donors (Lipinski definition) is 1. The Labute approximate surface area is 164 Å². The summed E-state index contributed by atoms with van der Waals surface area (Å²) < 4.78 is 13.5. The lowest BCUT2D eigenvalue weighted by Gasteiger charge is -2.32. The molecule has 2 aromatic rings. The number of carbonyl (C=O) groups excluding carboxylic acids is 1. The van der Waals surface area contributed by atoms with Gasteiger partial charge in [-0.25, -0.2) is 0 Å². The molecule has 150 valence electrons. The largest absolute Gasteiger partial charge is 0.490 e. The quantitative estimate of drug-likeness (QED) is 0.813. The highest BCUT2D eigenvalue weighted by atomic mass is 16.5. The van der Waals surface area contributed by atoms with E-state index >= 15 is 0 Å². The third kappa shape index (κ3) is 3.96. The number of aromatic nitrogens is 3. The molecular weight excluding hydrogens is 358 g/mol. The molecule has 28 heavy (non-hydrogen) atoms. The number of hydrogen-bond acceptors (Lipinski definition) is 6. The fourth-order valence-corrected chi connectivity index (χ4v) is 3.88. The number of piperidine rings is 1. The van der Waals surface area contributed by atoms with Gasteiger partial charge in [0, 0.05) is 32.1 Å². The maximum Gasteiger partial charge on any atom is 0.260 e. The fourth-order valence-electron chi connectivity index (χ4n) is 3.88. The van der Waals surface area contributed by atoms with E-state index in [0.717, 1.165) is 57.2 Å². The molecule has 0 unspecified atom stereocenters. The average Bonchev–Trinajstić information content (AvgIpc) is 3.17. The number of amides is 1. The van der Waals surface area contributed by atoms with E-state index in [2.05, 4.69) is 20.1 Å². The Kier molecular flexibility index (Phi) is 5.76. The summed E-state index contributed by atoms with van der Waals surface area (Å²) in [4.78, 5) is 14.5. The summed E-state index contributed by atoms with van der Waals surface area (Å²) in [7, 11) is 0. The van der Waals surface area contributed by atoms with Crippen molar-refractivity contribution in [2.45, 2.75) is 38.8 Å². The molecule has 1 fully saturated rings. The van der Waals surface area contributed by atoms with Gasteiger partial charge >= 0.3 is 0 Å². The Bertz CT molecular complexity index is 814. The highest BCUT2D eigenvalue weighted by molar-refractivity contribution is 5.78. The van der Waals surface area contributed by atoms with Crippen LogP contribution in [0.15, 0.2) is 24.3 Å². The van der Waals surface area contributed by atoms with Gasteiger partial charge in [0.05, 0.1) is 13.2 Å². The molecule has 1 saturated heterocycles. The summed E-state index contributed by atoms with van der Waals surface area (Å²) in [6.45, 7) is 6.62. The Morgan fingerprint density at radius 2 is 1.89 bits per heavy atom. The van der Waals surface area contributed by atoms with Crippen molar-refractivity contribution in [3.63, 3.8) is 0 Å². The molecule has 1 aromatic heterocycles. The van der Waals surface area contributed by atoms with Crippen LogP contribution in [0.1, 0.15) is 37.3 Å². The lowest BCUT2D eigenvalue weighted by Crippen LogP contribution is -2.41. The van der Waals surface area contributed by atoms with Crippen molar-refractivity contribution < 1.29 is 14.3 Å². The van der Waals surface area contributed by atoms with Gasteiger partial charge in [-0.3, -0.25) is 4.79 Å². The van der Waals surface area contributed by atoms with E-state index in [0.29, 0.717) is 24.0 Å². The van der Waals surface area contributed by atoms with Crippen LogP contribution in [0.5, 0.6) is 11.5 Å². The molecule has 4 rings (SSSR count). The zero-order valence-electron chi connectivity index (χ0n) is 16.3. The first-order valence-corrected chi connectivity index (χ1v) is 10.0. The molecule has 1 aromatic carbocycles. The van der Waals surface area contributed by atoms with Gasteiger partial charge in [-0.05, 0) is 31.9 Å². The van der Waals surface area contributed by atoms with Crippen LogP contribution in [0.2, 0.25) is 0 Å². The number of nitrogens with zero attached hydrogens (tertiary/aromatic N) is 4. The van der Waals surface area contributed by atoms with E-state index in [1.807, 2.05) is 36.1 Å². The summed E-state index contributed by atoms with van der Waals surface area (Å²) in [5.74, 6) is 3.74. The van der Waals surface area contributed by atoms with Gasteiger partial charge in [0.2, 0.25) is 0 Å². The first kappa shape index (κ1) is 18.7. The van der Waals surface area contributed by atoms with Gasteiger partial charge in [-0.1, -0.05) is 12.1 Å². The Hall–Kier alpha value is -2.61. The average molecular weight is 385 g/mol. The summed E-state index contributed by atoms with van der Waals surface area (Å²) in [6.07, 6.45) is 1.82. The summed E-state index contributed by atoms with van der Waals surface area (Å²) in [6, 6.07) is 7.45. The topological polar surface area (TPSA) is 81.5 Å². The number of rotatable bonds is 6. The highest BCUT2D eigenvalue weighted by Crippen LogP contribution is 2.29. The normalized spacial score (nSPS) is 17.2.